The van der Waals surface area contributed by atoms with Crippen LogP contribution in [0.3, 0.4) is 0 Å². The average molecular weight is 448 g/mol. The molecule has 5 rings (SSSR count). The molecule has 160 valence electrons. The summed E-state index contributed by atoms with van der Waals surface area (Å²) >= 11 is 6.03. The molecule has 0 fully saturated rings. The summed E-state index contributed by atoms with van der Waals surface area (Å²) in [7, 11) is 3.11. The van der Waals surface area contributed by atoms with Crippen molar-refractivity contribution in [3.05, 3.63) is 75.8 Å². The third kappa shape index (κ3) is 3.07. The molecule has 3 aromatic heterocycles. The lowest BCUT2D eigenvalue weighted by molar-refractivity contribution is 0.401. The Morgan fingerprint density at radius 1 is 0.969 bits per heavy atom. The topological polar surface area (TPSA) is 83.5 Å². The van der Waals surface area contributed by atoms with Gasteiger partial charge in [-0.2, -0.15) is 5.10 Å². The Morgan fingerprint density at radius 3 is 2.47 bits per heavy atom. The minimum absolute atomic E-state index is 0.190. The highest BCUT2D eigenvalue weighted by Gasteiger charge is 2.18. The van der Waals surface area contributed by atoms with E-state index in [-0.39, 0.29) is 11.1 Å². The quantitative estimate of drug-likeness (QED) is 0.413. The second-order valence-corrected chi connectivity index (χ2v) is 7.60. The first-order chi connectivity index (χ1) is 15.5. The smallest absolute Gasteiger partial charge is 0.285 e. The van der Waals surface area contributed by atoms with Gasteiger partial charge < -0.3 is 9.47 Å². The summed E-state index contributed by atoms with van der Waals surface area (Å²) in [6, 6.07) is 14.5. The second-order valence-electron chi connectivity index (χ2n) is 7.17. The molecule has 0 unspecified atom stereocenters. The number of hydrogen-bond acceptors (Lipinski definition) is 6. The second kappa shape index (κ2) is 7.65. The predicted molar refractivity (Wildman–Crippen MR) is 122 cm³/mol. The molecule has 0 aliphatic heterocycles. The number of fused-ring (bicyclic) bond motifs is 3. The Balaban J connectivity index is 1.75. The Morgan fingerprint density at radius 2 is 1.75 bits per heavy atom. The fourth-order valence-corrected chi connectivity index (χ4v) is 3.91. The summed E-state index contributed by atoms with van der Waals surface area (Å²) in [5.74, 6) is 1.13. The van der Waals surface area contributed by atoms with Crippen LogP contribution in [0.2, 0.25) is 5.02 Å². The van der Waals surface area contributed by atoms with E-state index < -0.39 is 0 Å². The molecule has 3 heterocycles. The summed E-state index contributed by atoms with van der Waals surface area (Å²) in [6.45, 7) is 1.90. The van der Waals surface area contributed by atoms with Gasteiger partial charge in [0, 0.05) is 17.3 Å². The maximum absolute atomic E-state index is 13.3. The largest absolute Gasteiger partial charge is 0.497 e. The SMILES string of the molecule is COc1ccc(OC)c(-n2ccc3c(nnc4c(-c5ccc(Cl)cc5)c(C)nn43)c2=O)c1. The number of hydrogen-bond donors (Lipinski definition) is 0. The van der Waals surface area contributed by atoms with Crippen molar-refractivity contribution in [2.75, 3.05) is 14.2 Å². The number of aryl methyl sites for hydroxylation is 1. The standard InChI is InChI=1S/C23H18ClN5O3/c1-13-20(14-4-6-15(24)7-5-14)22-26-25-21-17(29(22)27-13)10-11-28(23(21)30)18-12-16(31-2)8-9-19(18)32-3/h4-12H,1-3H3. The van der Waals surface area contributed by atoms with Crippen LogP contribution in [0.25, 0.3) is 33.5 Å². The Hall–Kier alpha value is -3.91. The van der Waals surface area contributed by atoms with E-state index in [0.717, 1.165) is 16.8 Å². The van der Waals surface area contributed by atoms with Crippen LogP contribution in [-0.2, 0) is 0 Å². The zero-order valence-corrected chi connectivity index (χ0v) is 18.3. The van der Waals surface area contributed by atoms with Crippen LogP contribution in [0.15, 0.2) is 59.5 Å². The maximum Gasteiger partial charge on any atom is 0.285 e. The summed E-state index contributed by atoms with van der Waals surface area (Å²) in [6.07, 6.45) is 1.67. The van der Waals surface area contributed by atoms with Crippen molar-refractivity contribution in [1.82, 2.24) is 24.4 Å². The zero-order chi connectivity index (χ0) is 22.4. The normalized spacial score (nSPS) is 11.2. The van der Waals surface area contributed by atoms with Crippen LogP contribution in [0.5, 0.6) is 11.5 Å². The van der Waals surface area contributed by atoms with Crippen molar-refractivity contribution in [3.8, 4) is 28.3 Å². The van der Waals surface area contributed by atoms with Crippen LogP contribution in [0.4, 0.5) is 0 Å². The molecule has 0 saturated heterocycles. The molecule has 9 heteroatoms. The molecule has 32 heavy (non-hydrogen) atoms. The monoisotopic (exact) mass is 447 g/mol. The fourth-order valence-electron chi connectivity index (χ4n) is 3.78. The number of nitrogens with zero attached hydrogens (tertiary/aromatic N) is 5. The van der Waals surface area contributed by atoms with E-state index in [9.17, 15) is 4.79 Å². The molecule has 0 N–H and O–H groups in total. The third-order valence-electron chi connectivity index (χ3n) is 5.33. The van der Waals surface area contributed by atoms with Gasteiger partial charge in [0.25, 0.3) is 5.56 Å². The summed E-state index contributed by atoms with van der Waals surface area (Å²) < 4.78 is 13.8. The Bertz CT molecular complexity index is 1540. The van der Waals surface area contributed by atoms with Gasteiger partial charge in [-0.3, -0.25) is 9.36 Å². The summed E-state index contributed by atoms with van der Waals surface area (Å²) in [5.41, 5.74) is 4.04. The number of methoxy groups -OCH3 is 2. The highest BCUT2D eigenvalue weighted by atomic mass is 35.5. The van der Waals surface area contributed by atoms with E-state index in [1.165, 1.54) is 4.57 Å². The molecule has 0 aliphatic rings. The number of rotatable bonds is 4. The first-order valence-corrected chi connectivity index (χ1v) is 10.2. The fraction of sp³-hybridized carbons (Fsp3) is 0.130. The van der Waals surface area contributed by atoms with Gasteiger partial charge >= 0.3 is 0 Å². The molecule has 0 spiro atoms. The molecule has 0 bridgehead atoms. The van der Waals surface area contributed by atoms with Crippen molar-refractivity contribution in [2.24, 2.45) is 0 Å². The minimum atomic E-state index is -0.343. The first kappa shape index (κ1) is 20.0. The van der Waals surface area contributed by atoms with Gasteiger partial charge in [0.2, 0.25) is 0 Å². The Kier molecular flexibility index (Phi) is 4.79. The molecule has 0 amide bonds. The third-order valence-corrected chi connectivity index (χ3v) is 5.58. The van der Waals surface area contributed by atoms with Gasteiger partial charge in [0.1, 0.15) is 17.0 Å². The van der Waals surface area contributed by atoms with Gasteiger partial charge in [0.05, 0.1) is 31.2 Å². The van der Waals surface area contributed by atoms with Crippen LogP contribution in [0, 0.1) is 6.92 Å². The van der Waals surface area contributed by atoms with E-state index in [4.69, 9.17) is 21.1 Å². The zero-order valence-electron chi connectivity index (χ0n) is 17.5. The van der Waals surface area contributed by atoms with Crippen molar-refractivity contribution in [3.63, 3.8) is 0 Å². The van der Waals surface area contributed by atoms with Gasteiger partial charge in [-0.15, -0.1) is 10.2 Å². The van der Waals surface area contributed by atoms with Crippen molar-refractivity contribution < 1.29 is 9.47 Å². The van der Waals surface area contributed by atoms with E-state index >= 15 is 0 Å². The van der Waals surface area contributed by atoms with Crippen molar-refractivity contribution >= 4 is 28.3 Å². The number of halogens is 1. The van der Waals surface area contributed by atoms with E-state index in [2.05, 4.69) is 15.3 Å². The highest BCUT2D eigenvalue weighted by molar-refractivity contribution is 6.30. The van der Waals surface area contributed by atoms with Gasteiger partial charge in [-0.25, -0.2) is 4.52 Å². The first-order valence-electron chi connectivity index (χ1n) is 9.77. The molecular formula is C23H18ClN5O3. The predicted octanol–water partition coefficient (Wildman–Crippen LogP) is 4.07. The molecular weight excluding hydrogens is 430 g/mol. The summed E-state index contributed by atoms with van der Waals surface area (Å²) in [4.78, 5) is 13.3. The van der Waals surface area contributed by atoms with Crippen LogP contribution >= 0.6 is 11.6 Å². The number of ether oxygens (including phenoxy) is 2. The summed E-state index contributed by atoms with van der Waals surface area (Å²) in [5, 5.41) is 13.9. The molecule has 5 aromatic rings. The molecule has 0 atom stereocenters. The van der Waals surface area contributed by atoms with Gasteiger partial charge in [-0.1, -0.05) is 23.7 Å². The Labute approximate surface area is 187 Å². The van der Waals surface area contributed by atoms with E-state index in [1.807, 2.05) is 31.2 Å². The molecule has 0 aliphatic carbocycles. The number of aromatic nitrogens is 5. The molecule has 0 radical (unpaired) electrons. The average Bonchev–Trinajstić information content (AvgIpc) is 3.15. The highest BCUT2D eigenvalue weighted by Crippen LogP contribution is 2.30. The molecule has 2 aromatic carbocycles. The molecule has 8 nitrogen and oxygen atoms in total. The van der Waals surface area contributed by atoms with E-state index in [1.54, 1.807) is 49.2 Å². The van der Waals surface area contributed by atoms with Crippen LogP contribution < -0.4 is 15.0 Å². The lowest BCUT2D eigenvalue weighted by atomic mass is 10.1. The van der Waals surface area contributed by atoms with Crippen LogP contribution in [0.1, 0.15) is 5.69 Å². The van der Waals surface area contributed by atoms with E-state index in [0.29, 0.717) is 33.4 Å². The molecule has 0 saturated carbocycles. The van der Waals surface area contributed by atoms with Crippen molar-refractivity contribution in [2.45, 2.75) is 6.92 Å². The van der Waals surface area contributed by atoms with Gasteiger partial charge in [-0.05, 0) is 42.8 Å². The number of benzene rings is 2. The number of pyridine rings is 1. The van der Waals surface area contributed by atoms with Crippen molar-refractivity contribution in [1.29, 1.82) is 0 Å². The van der Waals surface area contributed by atoms with Gasteiger partial charge in [0.15, 0.2) is 11.2 Å². The van der Waals surface area contributed by atoms with Crippen LogP contribution in [-0.4, -0.2) is 38.6 Å². The maximum atomic E-state index is 13.3. The lowest BCUT2D eigenvalue weighted by Gasteiger charge is -2.13. The lowest BCUT2D eigenvalue weighted by Crippen LogP contribution is -2.20. The minimum Gasteiger partial charge on any atom is -0.497 e.